The summed E-state index contributed by atoms with van der Waals surface area (Å²) in [5, 5.41) is 2.94. The number of nitrogens with zero attached hydrogens (tertiary/aromatic N) is 3. The first kappa shape index (κ1) is 15.3. The highest BCUT2D eigenvalue weighted by Crippen LogP contribution is 2.16. The second kappa shape index (κ2) is 7.06. The van der Waals surface area contributed by atoms with Crippen LogP contribution in [-0.4, -0.2) is 54.4 Å². The van der Waals surface area contributed by atoms with Gasteiger partial charge >= 0.3 is 0 Å². The van der Waals surface area contributed by atoms with Crippen molar-refractivity contribution in [3.8, 4) is 0 Å². The molecule has 1 unspecified atom stereocenters. The van der Waals surface area contributed by atoms with Crippen molar-refractivity contribution >= 4 is 18.0 Å². The van der Waals surface area contributed by atoms with E-state index < -0.39 is 0 Å². The third-order valence-electron chi connectivity index (χ3n) is 3.80. The Kier molecular flexibility index (Phi) is 5.14. The number of nitrogens with one attached hydrogen (secondary N) is 1. The van der Waals surface area contributed by atoms with Gasteiger partial charge in [-0.3, -0.25) is 14.6 Å². The topological polar surface area (TPSA) is 65.5 Å². The minimum atomic E-state index is -0.0924. The maximum absolute atomic E-state index is 12.1. The van der Waals surface area contributed by atoms with Gasteiger partial charge in [-0.05, 0) is 19.4 Å². The quantitative estimate of drug-likeness (QED) is 0.818. The molecule has 1 aromatic rings. The molecule has 0 aliphatic carbocycles. The summed E-state index contributed by atoms with van der Waals surface area (Å²) in [4.78, 5) is 30.9. The average molecular weight is 290 g/mol. The van der Waals surface area contributed by atoms with E-state index in [1.807, 2.05) is 19.9 Å². The van der Waals surface area contributed by atoms with Gasteiger partial charge in [-0.2, -0.15) is 0 Å². The van der Waals surface area contributed by atoms with Crippen LogP contribution in [0, 0.1) is 0 Å². The van der Waals surface area contributed by atoms with Gasteiger partial charge in [0.15, 0.2) is 0 Å². The van der Waals surface area contributed by atoms with Crippen LogP contribution in [0.2, 0.25) is 0 Å². The second-order valence-corrected chi connectivity index (χ2v) is 5.34. The molecule has 0 aromatic carbocycles. The van der Waals surface area contributed by atoms with Crippen molar-refractivity contribution in [1.29, 1.82) is 0 Å². The number of anilines is 1. The standard InChI is InChI=1S/C15H22N4O2/c1-3-12(2)17-15(21)13-8-14(10-16-9-13)19-6-4-18(11-20)5-7-19/h8-12H,3-7H2,1-2H3,(H,17,21). The second-order valence-electron chi connectivity index (χ2n) is 5.34. The van der Waals surface area contributed by atoms with Gasteiger partial charge in [-0.1, -0.05) is 6.92 Å². The summed E-state index contributed by atoms with van der Waals surface area (Å²) < 4.78 is 0. The predicted molar refractivity (Wildman–Crippen MR) is 81.3 cm³/mol. The summed E-state index contributed by atoms with van der Waals surface area (Å²) in [6, 6.07) is 2.01. The van der Waals surface area contributed by atoms with Crippen molar-refractivity contribution in [1.82, 2.24) is 15.2 Å². The third kappa shape index (κ3) is 3.93. The van der Waals surface area contributed by atoms with Crippen molar-refractivity contribution in [2.75, 3.05) is 31.1 Å². The molecule has 6 heteroatoms. The Morgan fingerprint density at radius 2 is 2.10 bits per heavy atom. The van der Waals surface area contributed by atoms with Crippen LogP contribution < -0.4 is 10.2 Å². The Balaban J connectivity index is 2.04. The van der Waals surface area contributed by atoms with Crippen LogP contribution in [-0.2, 0) is 4.79 Å². The van der Waals surface area contributed by atoms with E-state index in [0.717, 1.165) is 31.6 Å². The minimum Gasteiger partial charge on any atom is -0.367 e. The molecule has 0 spiro atoms. The number of hydrogen-bond donors (Lipinski definition) is 1. The Bertz CT molecular complexity index is 498. The molecule has 1 atom stereocenters. The van der Waals surface area contributed by atoms with Crippen molar-refractivity contribution in [2.45, 2.75) is 26.3 Å². The molecule has 2 amide bonds. The molecule has 1 N–H and O–H groups in total. The monoisotopic (exact) mass is 290 g/mol. The van der Waals surface area contributed by atoms with Gasteiger partial charge in [0.1, 0.15) is 0 Å². The van der Waals surface area contributed by atoms with Crippen LogP contribution >= 0.6 is 0 Å². The van der Waals surface area contributed by atoms with Crippen LogP contribution in [0.15, 0.2) is 18.5 Å². The number of piperazine rings is 1. The Morgan fingerprint density at radius 1 is 1.38 bits per heavy atom. The molecule has 1 saturated heterocycles. The van der Waals surface area contributed by atoms with Crippen LogP contribution in [0.25, 0.3) is 0 Å². The van der Waals surface area contributed by atoms with E-state index in [2.05, 4.69) is 15.2 Å². The molecule has 21 heavy (non-hydrogen) atoms. The van der Waals surface area contributed by atoms with Crippen molar-refractivity contribution < 1.29 is 9.59 Å². The molecule has 1 aliphatic heterocycles. The van der Waals surface area contributed by atoms with Crippen LogP contribution in [0.4, 0.5) is 5.69 Å². The highest BCUT2D eigenvalue weighted by atomic mass is 16.1. The largest absolute Gasteiger partial charge is 0.367 e. The Morgan fingerprint density at radius 3 is 2.71 bits per heavy atom. The average Bonchev–Trinajstić information content (AvgIpc) is 2.55. The van der Waals surface area contributed by atoms with E-state index in [9.17, 15) is 9.59 Å². The molecule has 0 bridgehead atoms. The fraction of sp³-hybridized carbons (Fsp3) is 0.533. The maximum atomic E-state index is 12.1. The Labute approximate surface area is 125 Å². The number of rotatable bonds is 5. The van der Waals surface area contributed by atoms with Crippen LogP contribution in [0.5, 0.6) is 0 Å². The predicted octanol–water partition coefficient (Wildman–Crippen LogP) is 0.888. The minimum absolute atomic E-state index is 0.0924. The zero-order valence-electron chi connectivity index (χ0n) is 12.6. The number of carbonyl (C=O) groups excluding carboxylic acids is 2. The fourth-order valence-corrected chi connectivity index (χ4v) is 2.22. The Hall–Kier alpha value is -2.11. The smallest absolute Gasteiger partial charge is 0.253 e. The SMILES string of the molecule is CCC(C)NC(=O)c1cncc(N2CCN(C=O)CC2)c1. The van der Waals surface area contributed by atoms with Crippen molar-refractivity contribution in [3.63, 3.8) is 0 Å². The van der Waals surface area contributed by atoms with Gasteiger partial charge < -0.3 is 15.1 Å². The lowest BCUT2D eigenvalue weighted by molar-refractivity contribution is -0.118. The van der Waals surface area contributed by atoms with Gasteiger partial charge in [0.05, 0.1) is 17.4 Å². The molecular formula is C15H22N4O2. The van der Waals surface area contributed by atoms with Gasteiger partial charge in [0.25, 0.3) is 5.91 Å². The highest BCUT2D eigenvalue weighted by Gasteiger charge is 2.17. The van der Waals surface area contributed by atoms with Gasteiger partial charge in [0.2, 0.25) is 6.41 Å². The summed E-state index contributed by atoms with van der Waals surface area (Å²) in [6.45, 7) is 6.94. The van der Waals surface area contributed by atoms with E-state index in [4.69, 9.17) is 0 Å². The third-order valence-corrected chi connectivity index (χ3v) is 3.80. The molecule has 1 aromatic heterocycles. The number of amides is 2. The molecule has 2 rings (SSSR count). The lowest BCUT2D eigenvalue weighted by Crippen LogP contribution is -2.45. The van der Waals surface area contributed by atoms with Crippen LogP contribution in [0.3, 0.4) is 0 Å². The molecule has 6 nitrogen and oxygen atoms in total. The first-order valence-electron chi connectivity index (χ1n) is 7.34. The van der Waals surface area contributed by atoms with E-state index >= 15 is 0 Å². The molecule has 1 aliphatic rings. The lowest BCUT2D eigenvalue weighted by atomic mass is 10.2. The molecule has 1 fully saturated rings. The summed E-state index contributed by atoms with van der Waals surface area (Å²) in [5.74, 6) is -0.0924. The fourth-order valence-electron chi connectivity index (χ4n) is 2.22. The van der Waals surface area contributed by atoms with E-state index in [-0.39, 0.29) is 11.9 Å². The van der Waals surface area contributed by atoms with Crippen molar-refractivity contribution in [2.24, 2.45) is 0 Å². The molecule has 0 radical (unpaired) electrons. The van der Waals surface area contributed by atoms with E-state index in [1.165, 1.54) is 0 Å². The number of aromatic nitrogens is 1. The highest BCUT2D eigenvalue weighted by molar-refractivity contribution is 5.94. The molecule has 114 valence electrons. The zero-order valence-corrected chi connectivity index (χ0v) is 12.6. The van der Waals surface area contributed by atoms with Gasteiger partial charge in [0, 0.05) is 38.4 Å². The summed E-state index contributed by atoms with van der Waals surface area (Å²) >= 11 is 0. The molecule has 0 saturated carbocycles. The van der Waals surface area contributed by atoms with E-state index in [0.29, 0.717) is 18.7 Å². The van der Waals surface area contributed by atoms with Crippen molar-refractivity contribution in [3.05, 3.63) is 24.0 Å². The normalized spacial score (nSPS) is 16.5. The molecular weight excluding hydrogens is 268 g/mol. The van der Waals surface area contributed by atoms with E-state index in [1.54, 1.807) is 17.3 Å². The number of pyridine rings is 1. The number of carbonyl (C=O) groups is 2. The van der Waals surface area contributed by atoms with Crippen LogP contribution in [0.1, 0.15) is 30.6 Å². The maximum Gasteiger partial charge on any atom is 0.253 e. The summed E-state index contributed by atoms with van der Waals surface area (Å²) in [6.07, 6.45) is 5.12. The lowest BCUT2D eigenvalue weighted by Gasteiger charge is -2.34. The van der Waals surface area contributed by atoms with Gasteiger partial charge in [-0.15, -0.1) is 0 Å². The number of hydrogen-bond acceptors (Lipinski definition) is 4. The summed E-state index contributed by atoms with van der Waals surface area (Å²) in [5.41, 5.74) is 1.50. The molecule has 2 heterocycles. The summed E-state index contributed by atoms with van der Waals surface area (Å²) in [7, 11) is 0. The van der Waals surface area contributed by atoms with Gasteiger partial charge in [-0.25, -0.2) is 0 Å². The first-order valence-corrected chi connectivity index (χ1v) is 7.34. The zero-order chi connectivity index (χ0) is 15.2. The first-order chi connectivity index (χ1) is 10.1.